The van der Waals surface area contributed by atoms with E-state index >= 15 is 0 Å². The maximum atomic E-state index is 11.3. The molecule has 33 heavy (non-hydrogen) atoms. The van der Waals surface area contributed by atoms with Gasteiger partial charge in [-0.05, 0) is 74.0 Å². The number of aliphatic hydroxyl groups excluding tert-OH is 2. The van der Waals surface area contributed by atoms with Gasteiger partial charge in [-0.1, -0.05) is 109 Å². The van der Waals surface area contributed by atoms with Gasteiger partial charge in [0.1, 0.15) is 11.5 Å². The molecule has 0 amide bonds. The van der Waals surface area contributed by atoms with Crippen molar-refractivity contribution in [2.24, 2.45) is 32.5 Å². The van der Waals surface area contributed by atoms with Crippen LogP contribution in [0.25, 0.3) is 0 Å². The van der Waals surface area contributed by atoms with Gasteiger partial charge in [-0.3, -0.25) is 0 Å². The van der Waals surface area contributed by atoms with Crippen molar-refractivity contribution in [1.82, 2.24) is 0 Å². The Kier molecular flexibility index (Phi) is 6.79. The minimum Gasteiger partial charge on any atom is -0.508 e. The molecule has 0 saturated carbocycles. The highest BCUT2D eigenvalue weighted by atomic mass is 16.3. The zero-order valence-corrected chi connectivity index (χ0v) is 24.2. The van der Waals surface area contributed by atoms with Gasteiger partial charge in [-0.15, -0.1) is 0 Å². The molecule has 0 spiro atoms. The summed E-state index contributed by atoms with van der Waals surface area (Å²) in [4.78, 5) is 0. The Balaban J connectivity index is 2.65. The smallest absolute Gasteiger partial charge is 0.118 e. The fourth-order valence-corrected chi connectivity index (χ4v) is 5.77. The first kappa shape index (κ1) is 27.8. The van der Waals surface area contributed by atoms with E-state index in [2.05, 4.69) is 109 Å². The van der Waals surface area contributed by atoms with Crippen molar-refractivity contribution < 1.29 is 10.2 Å². The van der Waals surface area contributed by atoms with E-state index in [1.807, 2.05) is 0 Å². The Morgan fingerprint density at radius 2 is 0.848 bits per heavy atom. The van der Waals surface area contributed by atoms with E-state index < -0.39 is 0 Å². The van der Waals surface area contributed by atoms with E-state index in [9.17, 15) is 10.2 Å². The average molecular weight is 457 g/mol. The molecule has 2 aliphatic carbocycles. The molecule has 0 aromatic heterocycles. The van der Waals surface area contributed by atoms with Crippen LogP contribution in [0, 0.1) is 32.5 Å². The number of aliphatic hydroxyl groups is 2. The molecule has 2 heteroatoms. The molecule has 0 saturated heterocycles. The lowest BCUT2D eigenvalue weighted by molar-refractivity contribution is 0.198. The Bertz CT molecular complexity index is 834. The first-order valence-corrected chi connectivity index (χ1v) is 12.7. The Labute approximate surface area is 205 Å². The molecule has 0 radical (unpaired) electrons. The normalized spacial score (nSPS) is 28.2. The van der Waals surface area contributed by atoms with Gasteiger partial charge in [0, 0.05) is 0 Å². The standard InChI is InChI=1S/C31H52O2/c1-26(2,3)20-15-30(13,16-21(24(20)32)27(4,5)6)19-31(14)17-22(28(7,8)9)25(33)23(18-31)29(10,11)12/h15,17,32-33H,16,18-19H2,1-14H3. The predicted molar refractivity (Wildman–Crippen MR) is 143 cm³/mol. The first-order chi connectivity index (χ1) is 14.4. The van der Waals surface area contributed by atoms with E-state index in [1.54, 1.807) is 0 Å². The molecule has 0 heterocycles. The van der Waals surface area contributed by atoms with E-state index in [4.69, 9.17) is 0 Å². The Morgan fingerprint density at radius 1 is 0.576 bits per heavy atom. The molecule has 188 valence electrons. The zero-order chi connectivity index (χ0) is 26.0. The molecule has 2 atom stereocenters. The summed E-state index contributed by atoms with van der Waals surface area (Å²) in [6, 6.07) is 0. The summed E-state index contributed by atoms with van der Waals surface area (Å²) >= 11 is 0. The van der Waals surface area contributed by atoms with Crippen LogP contribution in [0.15, 0.2) is 46.0 Å². The summed E-state index contributed by atoms with van der Waals surface area (Å²) < 4.78 is 0. The van der Waals surface area contributed by atoms with Gasteiger partial charge >= 0.3 is 0 Å². The third-order valence-electron chi connectivity index (χ3n) is 7.46. The molecule has 0 fully saturated rings. The zero-order valence-electron chi connectivity index (χ0n) is 24.2. The summed E-state index contributed by atoms with van der Waals surface area (Å²) in [5.41, 5.74) is 3.84. The molecule has 2 unspecified atom stereocenters. The van der Waals surface area contributed by atoms with Crippen LogP contribution in [0.3, 0.4) is 0 Å². The van der Waals surface area contributed by atoms with Crippen molar-refractivity contribution in [2.75, 3.05) is 0 Å². The monoisotopic (exact) mass is 456 g/mol. The fourth-order valence-electron chi connectivity index (χ4n) is 5.77. The van der Waals surface area contributed by atoms with Crippen LogP contribution in [-0.2, 0) is 0 Å². The molecule has 2 N–H and O–H groups in total. The van der Waals surface area contributed by atoms with Gasteiger partial charge in [-0.25, -0.2) is 0 Å². The lowest BCUT2D eigenvalue weighted by Crippen LogP contribution is -2.36. The highest BCUT2D eigenvalue weighted by molar-refractivity contribution is 5.44. The first-order valence-electron chi connectivity index (χ1n) is 12.7. The molecular weight excluding hydrogens is 404 g/mol. The summed E-state index contributed by atoms with van der Waals surface area (Å²) in [6.45, 7) is 31.2. The van der Waals surface area contributed by atoms with E-state index in [0.717, 1.165) is 41.6 Å². The largest absolute Gasteiger partial charge is 0.508 e. The third-order valence-corrected chi connectivity index (χ3v) is 7.46. The molecule has 0 aliphatic heterocycles. The average Bonchev–Trinajstić information content (AvgIpc) is 2.55. The van der Waals surface area contributed by atoms with Gasteiger partial charge in [0.15, 0.2) is 0 Å². The van der Waals surface area contributed by atoms with Crippen LogP contribution in [0.4, 0.5) is 0 Å². The van der Waals surface area contributed by atoms with E-state index in [1.165, 1.54) is 0 Å². The number of hydrogen-bond acceptors (Lipinski definition) is 2. The Morgan fingerprint density at radius 3 is 1.06 bits per heavy atom. The number of hydrogen-bond donors (Lipinski definition) is 2. The van der Waals surface area contributed by atoms with Crippen LogP contribution in [-0.4, -0.2) is 10.2 Å². The summed E-state index contributed by atoms with van der Waals surface area (Å²) in [6.07, 6.45) is 7.41. The van der Waals surface area contributed by atoms with Crippen molar-refractivity contribution in [1.29, 1.82) is 0 Å². The van der Waals surface area contributed by atoms with Crippen LogP contribution in [0.2, 0.25) is 0 Å². The SMILES string of the molecule is CC1(CC2(C)C=C(C(C)(C)C)C(O)=C(C(C)(C)C)C2)C=C(C(C)(C)C)C(O)=C(C(C)(C)C)C1. The lowest BCUT2D eigenvalue weighted by atomic mass is 9.58. The molecule has 0 aromatic carbocycles. The van der Waals surface area contributed by atoms with Gasteiger partial charge in [-0.2, -0.15) is 0 Å². The maximum Gasteiger partial charge on any atom is 0.118 e. The van der Waals surface area contributed by atoms with Crippen molar-refractivity contribution in [3.05, 3.63) is 46.0 Å². The van der Waals surface area contributed by atoms with Crippen LogP contribution in [0.1, 0.15) is 116 Å². The maximum absolute atomic E-state index is 11.3. The van der Waals surface area contributed by atoms with Crippen molar-refractivity contribution in [3.63, 3.8) is 0 Å². The minimum absolute atomic E-state index is 0.0817. The van der Waals surface area contributed by atoms with Crippen molar-refractivity contribution >= 4 is 0 Å². The highest BCUT2D eigenvalue weighted by Crippen LogP contribution is 2.56. The van der Waals surface area contributed by atoms with E-state index in [-0.39, 0.29) is 32.5 Å². The summed E-state index contributed by atoms with van der Waals surface area (Å²) in [7, 11) is 0. The van der Waals surface area contributed by atoms with Crippen molar-refractivity contribution in [2.45, 2.75) is 116 Å². The second kappa shape index (κ2) is 8.06. The van der Waals surface area contributed by atoms with Crippen LogP contribution >= 0.6 is 0 Å². The number of rotatable bonds is 2. The molecule has 2 aliphatic rings. The van der Waals surface area contributed by atoms with Gasteiger partial charge in [0.2, 0.25) is 0 Å². The van der Waals surface area contributed by atoms with Gasteiger partial charge in [0.05, 0.1) is 0 Å². The topological polar surface area (TPSA) is 40.5 Å². The van der Waals surface area contributed by atoms with Gasteiger partial charge in [0.25, 0.3) is 0 Å². The predicted octanol–water partition coefficient (Wildman–Crippen LogP) is 9.86. The van der Waals surface area contributed by atoms with Crippen LogP contribution in [0.5, 0.6) is 0 Å². The van der Waals surface area contributed by atoms with Crippen LogP contribution < -0.4 is 0 Å². The highest BCUT2D eigenvalue weighted by Gasteiger charge is 2.45. The van der Waals surface area contributed by atoms with Crippen molar-refractivity contribution in [3.8, 4) is 0 Å². The minimum atomic E-state index is -0.128. The molecule has 0 aromatic rings. The second-order valence-corrected chi connectivity index (χ2v) is 15.6. The molecular formula is C31H52O2. The number of allylic oxidation sites excluding steroid dienone is 6. The Hall–Kier alpha value is -1.44. The quantitative estimate of drug-likeness (QED) is 0.434. The molecule has 2 nitrogen and oxygen atoms in total. The summed E-state index contributed by atoms with van der Waals surface area (Å²) in [5, 5.41) is 22.6. The molecule has 2 rings (SSSR count). The van der Waals surface area contributed by atoms with E-state index in [0.29, 0.717) is 11.5 Å². The third kappa shape index (κ3) is 5.98. The summed E-state index contributed by atoms with van der Waals surface area (Å²) in [5.74, 6) is 1.00. The molecule has 0 bridgehead atoms. The fraction of sp³-hybridized carbons (Fsp3) is 0.742. The second-order valence-electron chi connectivity index (χ2n) is 15.6. The van der Waals surface area contributed by atoms with Gasteiger partial charge < -0.3 is 10.2 Å². The lowest BCUT2D eigenvalue weighted by Gasteiger charge is -2.47.